The van der Waals surface area contributed by atoms with Gasteiger partial charge in [0.25, 0.3) is 0 Å². The van der Waals surface area contributed by atoms with E-state index in [-0.39, 0.29) is 23.2 Å². The summed E-state index contributed by atoms with van der Waals surface area (Å²) >= 11 is 0. The number of hydrogen-bond acceptors (Lipinski definition) is 4. The van der Waals surface area contributed by atoms with E-state index in [2.05, 4.69) is 10.4 Å². The maximum absolute atomic E-state index is 13.1. The van der Waals surface area contributed by atoms with Crippen LogP contribution in [0.15, 0.2) is 30.5 Å². The molecule has 0 saturated carbocycles. The first-order valence-corrected chi connectivity index (χ1v) is 9.01. The number of benzene rings is 1. The highest BCUT2D eigenvalue weighted by Gasteiger charge is 2.27. The zero-order valence-electron chi connectivity index (χ0n) is 12.3. The molecule has 1 aromatic heterocycles. The van der Waals surface area contributed by atoms with E-state index in [4.69, 9.17) is 0 Å². The number of nitrogens with one attached hydrogen (secondary N) is 1. The molecule has 0 radical (unpaired) electrons. The van der Waals surface area contributed by atoms with Gasteiger partial charge in [-0.05, 0) is 43.0 Å². The molecule has 1 unspecified atom stereocenters. The summed E-state index contributed by atoms with van der Waals surface area (Å²) < 4.78 is 37.7. The molecule has 1 N–H and O–H groups in total. The zero-order chi connectivity index (χ0) is 15.7. The van der Waals surface area contributed by atoms with E-state index in [0.29, 0.717) is 18.8 Å². The van der Waals surface area contributed by atoms with Crippen LogP contribution in [0.1, 0.15) is 12.0 Å². The highest BCUT2D eigenvalue weighted by atomic mass is 32.2. The lowest BCUT2D eigenvalue weighted by Gasteiger charge is -2.09. The van der Waals surface area contributed by atoms with Crippen LogP contribution >= 0.6 is 0 Å². The lowest BCUT2D eigenvalue weighted by molar-refractivity contribution is 0.595. The molecule has 2 aromatic rings. The predicted molar refractivity (Wildman–Crippen MR) is 83.5 cm³/mol. The smallest absolute Gasteiger partial charge is 0.150 e. The largest absolute Gasteiger partial charge is 0.368 e. The third-order valence-electron chi connectivity index (χ3n) is 3.89. The SMILES string of the molecule is Cc1cc(F)ccc1-n1ccc(NCC2CCS(=O)(=O)C2)n1. The van der Waals surface area contributed by atoms with Crippen molar-refractivity contribution >= 4 is 15.7 Å². The summed E-state index contributed by atoms with van der Waals surface area (Å²) in [6.45, 7) is 2.43. The molecule has 2 heterocycles. The number of halogens is 1. The Balaban J connectivity index is 1.66. The highest BCUT2D eigenvalue weighted by molar-refractivity contribution is 7.91. The van der Waals surface area contributed by atoms with Gasteiger partial charge in [-0.2, -0.15) is 5.10 Å². The average Bonchev–Trinajstić information content (AvgIpc) is 3.03. The van der Waals surface area contributed by atoms with Crippen molar-refractivity contribution in [2.24, 2.45) is 5.92 Å². The summed E-state index contributed by atoms with van der Waals surface area (Å²) in [4.78, 5) is 0. The third-order valence-corrected chi connectivity index (χ3v) is 5.73. The molecule has 7 heteroatoms. The number of sulfone groups is 1. The van der Waals surface area contributed by atoms with Gasteiger partial charge in [-0.15, -0.1) is 0 Å². The van der Waals surface area contributed by atoms with Crippen molar-refractivity contribution in [2.45, 2.75) is 13.3 Å². The van der Waals surface area contributed by atoms with E-state index in [9.17, 15) is 12.8 Å². The maximum atomic E-state index is 13.1. The molecule has 118 valence electrons. The summed E-state index contributed by atoms with van der Waals surface area (Å²) in [5.74, 6) is 1.09. The fourth-order valence-electron chi connectivity index (χ4n) is 2.71. The molecule has 1 atom stereocenters. The van der Waals surface area contributed by atoms with Gasteiger partial charge >= 0.3 is 0 Å². The van der Waals surface area contributed by atoms with Crippen LogP contribution in [0.4, 0.5) is 10.2 Å². The van der Waals surface area contributed by atoms with Gasteiger partial charge in [0.2, 0.25) is 0 Å². The van der Waals surface area contributed by atoms with E-state index >= 15 is 0 Å². The van der Waals surface area contributed by atoms with E-state index in [1.54, 1.807) is 16.9 Å². The van der Waals surface area contributed by atoms with Crippen molar-refractivity contribution in [1.29, 1.82) is 0 Å². The minimum absolute atomic E-state index is 0.141. The fraction of sp³-hybridized carbons (Fsp3) is 0.400. The summed E-state index contributed by atoms with van der Waals surface area (Å²) in [7, 11) is -2.85. The van der Waals surface area contributed by atoms with Crippen LogP contribution < -0.4 is 5.32 Å². The van der Waals surface area contributed by atoms with Crippen LogP contribution in [0.3, 0.4) is 0 Å². The van der Waals surface area contributed by atoms with Crippen LogP contribution in [0.5, 0.6) is 0 Å². The number of anilines is 1. The first kappa shape index (κ1) is 15.0. The van der Waals surface area contributed by atoms with Crippen LogP contribution in [-0.4, -0.2) is 36.2 Å². The topological polar surface area (TPSA) is 64.0 Å². The molecule has 1 aliphatic rings. The standard InChI is InChI=1S/C15H18FN3O2S/c1-11-8-13(16)2-3-14(11)19-6-4-15(18-19)17-9-12-5-7-22(20,21)10-12/h2-4,6,8,12H,5,7,9-10H2,1H3,(H,17,18). The Kier molecular flexibility index (Phi) is 3.90. The Morgan fingerprint density at radius 2 is 2.23 bits per heavy atom. The van der Waals surface area contributed by atoms with E-state index in [1.807, 2.05) is 13.0 Å². The van der Waals surface area contributed by atoms with Gasteiger partial charge in [-0.3, -0.25) is 0 Å². The monoisotopic (exact) mass is 323 g/mol. The van der Waals surface area contributed by atoms with Crippen molar-refractivity contribution in [3.05, 3.63) is 41.8 Å². The first-order chi connectivity index (χ1) is 10.4. The molecule has 3 rings (SSSR count). The molecular formula is C15H18FN3O2S. The Morgan fingerprint density at radius 1 is 1.41 bits per heavy atom. The minimum atomic E-state index is -2.85. The summed E-state index contributed by atoms with van der Waals surface area (Å²) in [6, 6.07) is 6.38. The van der Waals surface area contributed by atoms with Gasteiger partial charge in [0.15, 0.2) is 9.84 Å². The Hall–Kier alpha value is -1.89. The molecule has 0 amide bonds. The minimum Gasteiger partial charge on any atom is -0.368 e. The van der Waals surface area contributed by atoms with Crippen LogP contribution in [0.25, 0.3) is 5.69 Å². The molecule has 1 fully saturated rings. The van der Waals surface area contributed by atoms with E-state index in [0.717, 1.165) is 11.3 Å². The van der Waals surface area contributed by atoms with Gasteiger partial charge in [0.1, 0.15) is 11.6 Å². The lowest BCUT2D eigenvalue weighted by atomic mass is 10.1. The van der Waals surface area contributed by atoms with Crippen molar-refractivity contribution in [1.82, 2.24) is 9.78 Å². The lowest BCUT2D eigenvalue weighted by Crippen LogP contribution is -2.16. The van der Waals surface area contributed by atoms with Crippen LogP contribution in [-0.2, 0) is 9.84 Å². The maximum Gasteiger partial charge on any atom is 0.150 e. The second-order valence-corrected chi connectivity index (χ2v) is 7.96. The predicted octanol–water partition coefficient (Wildman–Crippen LogP) is 2.17. The Labute approximate surface area is 129 Å². The number of nitrogens with zero attached hydrogens (tertiary/aromatic N) is 2. The summed E-state index contributed by atoms with van der Waals surface area (Å²) in [5.41, 5.74) is 1.62. The molecule has 22 heavy (non-hydrogen) atoms. The number of aromatic nitrogens is 2. The first-order valence-electron chi connectivity index (χ1n) is 7.19. The quantitative estimate of drug-likeness (QED) is 0.936. The molecular weight excluding hydrogens is 305 g/mol. The normalized spacial score (nSPS) is 20.2. The van der Waals surface area contributed by atoms with Crippen LogP contribution in [0.2, 0.25) is 0 Å². The Morgan fingerprint density at radius 3 is 2.91 bits per heavy atom. The number of hydrogen-bond donors (Lipinski definition) is 1. The fourth-order valence-corrected chi connectivity index (χ4v) is 4.57. The van der Waals surface area contributed by atoms with Gasteiger partial charge in [0, 0.05) is 18.8 Å². The van der Waals surface area contributed by atoms with Crippen molar-refractivity contribution in [3.8, 4) is 5.69 Å². The van der Waals surface area contributed by atoms with Crippen molar-refractivity contribution in [3.63, 3.8) is 0 Å². The summed E-state index contributed by atoms with van der Waals surface area (Å²) in [6.07, 6.45) is 2.50. The molecule has 5 nitrogen and oxygen atoms in total. The van der Waals surface area contributed by atoms with E-state index < -0.39 is 9.84 Å². The van der Waals surface area contributed by atoms with E-state index in [1.165, 1.54) is 12.1 Å². The molecule has 0 bridgehead atoms. The van der Waals surface area contributed by atoms with Gasteiger partial charge < -0.3 is 5.32 Å². The second kappa shape index (κ2) is 5.72. The Bertz CT molecular complexity index is 786. The third kappa shape index (κ3) is 3.30. The molecule has 1 aromatic carbocycles. The van der Waals surface area contributed by atoms with Gasteiger partial charge in [-0.1, -0.05) is 0 Å². The summed E-state index contributed by atoms with van der Waals surface area (Å²) in [5, 5.41) is 7.58. The van der Waals surface area contributed by atoms with Gasteiger partial charge in [-0.25, -0.2) is 17.5 Å². The molecule has 0 spiro atoms. The molecule has 0 aliphatic carbocycles. The number of aryl methyl sites for hydroxylation is 1. The molecule has 1 aliphatic heterocycles. The highest BCUT2D eigenvalue weighted by Crippen LogP contribution is 2.20. The number of rotatable bonds is 4. The van der Waals surface area contributed by atoms with Crippen LogP contribution in [0, 0.1) is 18.7 Å². The van der Waals surface area contributed by atoms with Crippen molar-refractivity contribution in [2.75, 3.05) is 23.4 Å². The average molecular weight is 323 g/mol. The zero-order valence-corrected chi connectivity index (χ0v) is 13.1. The molecule has 1 saturated heterocycles. The second-order valence-electron chi connectivity index (χ2n) is 5.73. The van der Waals surface area contributed by atoms with Gasteiger partial charge in [0.05, 0.1) is 17.2 Å². The van der Waals surface area contributed by atoms with Crippen molar-refractivity contribution < 1.29 is 12.8 Å².